The van der Waals surface area contributed by atoms with E-state index in [9.17, 15) is 31.1 Å². The predicted molar refractivity (Wildman–Crippen MR) is 74.7 cm³/mol. The minimum atomic E-state index is -5.04. The summed E-state index contributed by atoms with van der Waals surface area (Å²) in [6.07, 6.45) is -8.86. The molecule has 1 aromatic heterocycles. The predicted octanol–water partition coefficient (Wildman–Crippen LogP) is 4.77. The third-order valence-electron chi connectivity index (χ3n) is 3.03. The molecule has 0 fully saturated rings. The highest BCUT2D eigenvalue weighted by atomic mass is 79.9. The minimum absolute atomic E-state index is 0.000171. The lowest BCUT2D eigenvalue weighted by Crippen LogP contribution is -2.22. The van der Waals surface area contributed by atoms with E-state index in [1.165, 1.54) is 6.07 Å². The molecule has 0 spiro atoms. The van der Waals surface area contributed by atoms with Crippen molar-refractivity contribution in [3.05, 3.63) is 63.6 Å². The van der Waals surface area contributed by atoms with Crippen LogP contribution in [0.2, 0.25) is 0 Å². The van der Waals surface area contributed by atoms with Crippen LogP contribution in [0.1, 0.15) is 16.7 Å². The normalized spacial score (nSPS) is 12.5. The van der Waals surface area contributed by atoms with Gasteiger partial charge in [0.1, 0.15) is 0 Å². The fourth-order valence-electron chi connectivity index (χ4n) is 1.95. The third kappa shape index (κ3) is 3.77. The number of hydrogen-bond donors (Lipinski definition) is 0. The molecular weight excluding hydrogens is 392 g/mol. The summed E-state index contributed by atoms with van der Waals surface area (Å²) >= 11 is 3.10. The number of nitrogens with zero attached hydrogens (tertiary/aromatic N) is 1. The van der Waals surface area contributed by atoms with E-state index in [1.807, 2.05) is 0 Å². The Bertz CT molecular complexity index is 778. The van der Waals surface area contributed by atoms with E-state index >= 15 is 0 Å². The van der Waals surface area contributed by atoms with Crippen molar-refractivity contribution in [3.8, 4) is 5.69 Å². The van der Waals surface area contributed by atoms with Crippen molar-refractivity contribution in [1.82, 2.24) is 4.57 Å². The lowest BCUT2D eigenvalue weighted by atomic mass is 10.1. The lowest BCUT2D eigenvalue weighted by Gasteiger charge is -2.17. The first-order chi connectivity index (χ1) is 10.5. The first-order valence-corrected chi connectivity index (χ1v) is 7.22. The summed E-state index contributed by atoms with van der Waals surface area (Å²) in [7, 11) is 0. The SMILES string of the molecule is O=c1cc(CBr)ccn1-c1ccc(C(F)(F)F)cc1C(F)(F)F. The first-order valence-electron chi connectivity index (χ1n) is 6.10. The molecule has 1 heterocycles. The Morgan fingerprint density at radius 3 is 2.09 bits per heavy atom. The Balaban J connectivity index is 2.70. The Labute approximate surface area is 134 Å². The molecule has 0 unspecified atom stereocenters. The molecule has 9 heteroatoms. The minimum Gasteiger partial charge on any atom is -0.284 e. The summed E-state index contributed by atoms with van der Waals surface area (Å²) in [5.74, 6) is 0. The maximum atomic E-state index is 13.1. The summed E-state index contributed by atoms with van der Waals surface area (Å²) in [5.41, 5.74) is -3.85. The molecule has 2 nitrogen and oxygen atoms in total. The van der Waals surface area contributed by atoms with Gasteiger partial charge in [-0.25, -0.2) is 0 Å². The van der Waals surface area contributed by atoms with E-state index in [2.05, 4.69) is 15.9 Å². The van der Waals surface area contributed by atoms with Crippen LogP contribution in [0.3, 0.4) is 0 Å². The van der Waals surface area contributed by atoms with Crippen LogP contribution in [0.25, 0.3) is 5.69 Å². The maximum Gasteiger partial charge on any atom is 0.418 e. The zero-order valence-electron chi connectivity index (χ0n) is 11.2. The molecule has 0 atom stereocenters. The van der Waals surface area contributed by atoms with E-state index in [0.29, 0.717) is 27.6 Å². The molecule has 23 heavy (non-hydrogen) atoms. The van der Waals surface area contributed by atoms with Gasteiger partial charge >= 0.3 is 12.4 Å². The topological polar surface area (TPSA) is 22.0 Å². The number of alkyl halides is 7. The van der Waals surface area contributed by atoms with E-state index in [4.69, 9.17) is 0 Å². The molecule has 2 aromatic rings. The van der Waals surface area contributed by atoms with Crippen LogP contribution in [-0.2, 0) is 17.7 Å². The van der Waals surface area contributed by atoms with Gasteiger partial charge in [-0.15, -0.1) is 0 Å². The van der Waals surface area contributed by atoms with Crippen molar-refractivity contribution in [2.24, 2.45) is 0 Å². The monoisotopic (exact) mass is 399 g/mol. The van der Waals surface area contributed by atoms with Gasteiger partial charge in [0.15, 0.2) is 0 Å². The van der Waals surface area contributed by atoms with Crippen molar-refractivity contribution >= 4 is 15.9 Å². The van der Waals surface area contributed by atoms with E-state index in [0.717, 1.165) is 12.3 Å². The molecule has 0 bridgehead atoms. The Morgan fingerprint density at radius 2 is 1.61 bits per heavy atom. The zero-order valence-corrected chi connectivity index (χ0v) is 12.8. The fraction of sp³-hybridized carbons (Fsp3) is 0.214. The van der Waals surface area contributed by atoms with E-state index in [-0.39, 0.29) is 6.07 Å². The van der Waals surface area contributed by atoms with Gasteiger partial charge in [-0.3, -0.25) is 9.36 Å². The number of aromatic nitrogens is 1. The standard InChI is InChI=1S/C14H8BrF6NO/c15-7-8-3-4-22(12(23)5-8)11-2-1-9(13(16,17)18)6-10(11)14(19,20)21/h1-6H,7H2. The van der Waals surface area contributed by atoms with E-state index < -0.39 is 34.7 Å². The summed E-state index contributed by atoms with van der Waals surface area (Å²) in [5, 5.41) is 0.322. The molecule has 0 N–H and O–H groups in total. The molecular formula is C14H8BrF6NO. The van der Waals surface area contributed by atoms with Crippen LogP contribution in [0.5, 0.6) is 0 Å². The fourth-order valence-corrected chi connectivity index (χ4v) is 2.30. The van der Waals surface area contributed by atoms with Gasteiger partial charge in [0.2, 0.25) is 0 Å². The quantitative estimate of drug-likeness (QED) is 0.526. The van der Waals surface area contributed by atoms with Gasteiger partial charge < -0.3 is 0 Å². The molecule has 0 aliphatic heterocycles. The van der Waals surface area contributed by atoms with Crippen LogP contribution < -0.4 is 5.56 Å². The van der Waals surface area contributed by atoms with Crippen LogP contribution in [-0.4, -0.2) is 4.57 Å². The molecule has 124 valence electrons. The Kier molecular flexibility index (Phi) is 4.61. The van der Waals surface area contributed by atoms with Crippen LogP contribution in [0.15, 0.2) is 41.3 Å². The van der Waals surface area contributed by atoms with Gasteiger partial charge in [0.05, 0.1) is 16.8 Å². The second kappa shape index (κ2) is 6.03. The summed E-state index contributed by atoms with van der Waals surface area (Å²) < 4.78 is 77.8. The van der Waals surface area contributed by atoms with E-state index in [1.54, 1.807) is 0 Å². The second-order valence-corrected chi connectivity index (χ2v) is 5.17. The van der Waals surface area contributed by atoms with Crippen molar-refractivity contribution in [1.29, 1.82) is 0 Å². The van der Waals surface area contributed by atoms with Crippen molar-refractivity contribution < 1.29 is 26.3 Å². The molecule has 0 aliphatic carbocycles. The zero-order chi connectivity index (χ0) is 17.4. The maximum absolute atomic E-state index is 13.1. The summed E-state index contributed by atoms with van der Waals surface area (Å²) in [6.45, 7) is 0. The van der Waals surface area contributed by atoms with Gasteiger partial charge in [-0.1, -0.05) is 15.9 Å². The Hall–Kier alpha value is -1.77. The van der Waals surface area contributed by atoms with Crippen LogP contribution in [0.4, 0.5) is 26.3 Å². The third-order valence-corrected chi connectivity index (χ3v) is 3.67. The number of halogens is 7. The molecule has 0 saturated heterocycles. The highest BCUT2D eigenvalue weighted by Crippen LogP contribution is 2.38. The molecule has 2 rings (SSSR count). The average Bonchev–Trinajstić information content (AvgIpc) is 2.44. The van der Waals surface area contributed by atoms with Crippen LogP contribution >= 0.6 is 15.9 Å². The molecule has 0 amide bonds. The first kappa shape index (κ1) is 17.6. The Morgan fingerprint density at radius 1 is 0.957 bits per heavy atom. The summed E-state index contributed by atoms with van der Waals surface area (Å²) in [6, 6.07) is 3.65. The van der Waals surface area contributed by atoms with Gasteiger partial charge in [0, 0.05) is 17.6 Å². The number of pyridine rings is 1. The number of benzene rings is 1. The van der Waals surface area contributed by atoms with Crippen LogP contribution in [0, 0.1) is 0 Å². The van der Waals surface area contributed by atoms with Crippen molar-refractivity contribution in [2.45, 2.75) is 17.7 Å². The lowest BCUT2D eigenvalue weighted by molar-refractivity contribution is -0.143. The van der Waals surface area contributed by atoms with Gasteiger partial charge in [0.25, 0.3) is 5.56 Å². The smallest absolute Gasteiger partial charge is 0.284 e. The molecule has 1 aromatic carbocycles. The van der Waals surface area contributed by atoms with Crippen molar-refractivity contribution in [3.63, 3.8) is 0 Å². The second-order valence-electron chi connectivity index (χ2n) is 4.60. The number of hydrogen-bond acceptors (Lipinski definition) is 1. The summed E-state index contributed by atoms with van der Waals surface area (Å²) in [4.78, 5) is 11.9. The highest BCUT2D eigenvalue weighted by molar-refractivity contribution is 9.08. The number of rotatable bonds is 2. The highest BCUT2D eigenvalue weighted by Gasteiger charge is 2.38. The molecule has 0 aliphatic rings. The molecule has 0 saturated carbocycles. The van der Waals surface area contributed by atoms with Gasteiger partial charge in [-0.2, -0.15) is 26.3 Å². The van der Waals surface area contributed by atoms with Crippen molar-refractivity contribution in [2.75, 3.05) is 0 Å². The average molecular weight is 400 g/mol. The molecule has 0 radical (unpaired) electrons. The van der Waals surface area contributed by atoms with Gasteiger partial charge in [-0.05, 0) is 29.8 Å². The largest absolute Gasteiger partial charge is 0.418 e.